The molecule has 0 radical (unpaired) electrons. The first-order valence-corrected chi connectivity index (χ1v) is 6.78. The Morgan fingerprint density at radius 3 is 3.00 bits per heavy atom. The van der Waals surface area contributed by atoms with Gasteiger partial charge in [0.05, 0.1) is 4.92 Å². The highest BCUT2D eigenvalue weighted by Gasteiger charge is 2.24. The third-order valence-electron chi connectivity index (χ3n) is 2.86. The zero-order chi connectivity index (χ0) is 14.0. The third-order valence-corrected chi connectivity index (χ3v) is 4.00. The minimum Gasteiger partial charge on any atom is -0.477 e. The molecule has 1 saturated heterocycles. The molecule has 102 valence electrons. The molecule has 1 aromatic heterocycles. The van der Waals surface area contributed by atoms with E-state index in [1.54, 1.807) is 0 Å². The van der Waals surface area contributed by atoms with Crippen molar-refractivity contribution in [1.29, 1.82) is 0 Å². The van der Waals surface area contributed by atoms with Gasteiger partial charge >= 0.3 is 11.7 Å². The van der Waals surface area contributed by atoms with Crippen LogP contribution >= 0.6 is 11.8 Å². The first kappa shape index (κ1) is 13.6. The van der Waals surface area contributed by atoms with Crippen molar-refractivity contribution in [2.24, 2.45) is 0 Å². The number of rotatable bonds is 3. The number of hydrogen-bond acceptors (Lipinski definition) is 6. The van der Waals surface area contributed by atoms with Crippen LogP contribution in [0.3, 0.4) is 0 Å². The molecule has 1 atom stereocenters. The second-order valence-electron chi connectivity index (χ2n) is 4.25. The van der Waals surface area contributed by atoms with Crippen LogP contribution in [0.1, 0.15) is 17.3 Å². The van der Waals surface area contributed by atoms with E-state index in [0.29, 0.717) is 11.1 Å². The summed E-state index contributed by atoms with van der Waals surface area (Å²) >= 11 is 1.84. The number of thioether (sulfide) groups is 1. The summed E-state index contributed by atoms with van der Waals surface area (Å²) in [6.45, 7) is 3.60. The summed E-state index contributed by atoms with van der Waals surface area (Å²) < 4.78 is 0. The molecule has 19 heavy (non-hydrogen) atoms. The summed E-state index contributed by atoms with van der Waals surface area (Å²) in [4.78, 5) is 27.1. The van der Waals surface area contributed by atoms with Crippen LogP contribution in [0.15, 0.2) is 12.3 Å². The Kier molecular flexibility index (Phi) is 3.89. The van der Waals surface area contributed by atoms with E-state index >= 15 is 0 Å². The van der Waals surface area contributed by atoms with E-state index in [0.717, 1.165) is 25.0 Å². The van der Waals surface area contributed by atoms with E-state index in [1.807, 2.05) is 16.7 Å². The fourth-order valence-electron chi connectivity index (χ4n) is 1.95. The van der Waals surface area contributed by atoms with Crippen molar-refractivity contribution in [1.82, 2.24) is 4.98 Å². The summed E-state index contributed by atoms with van der Waals surface area (Å²) in [5, 5.41) is 20.2. The van der Waals surface area contributed by atoms with E-state index in [-0.39, 0.29) is 5.56 Å². The highest BCUT2D eigenvalue weighted by atomic mass is 32.2. The normalized spacial score (nSPS) is 19.2. The molecule has 1 aromatic rings. The van der Waals surface area contributed by atoms with Gasteiger partial charge in [-0.3, -0.25) is 10.1 Å². The molecule has 1 unspecified atom stereocenters. The number of hydrogen-bond donors (Lipinski definition) is 1. The van der Waals surface area contributed by atoms with E-state index in [1.165, 1.54) is 6.07 Å². The number of nitro groups is 1. The molecular formula is C11H13N3O4S. The Hall–Kier alpha value is -1.83. The number of carboxylic acid groups (broad SMARTS) is 1. The fraction of sp³-hybridized carbons (Fsp3) is 0.455. The SMILES string of the molecule is CC1CN(c2cc(C(=O)O)c([N+](=O)[O-])cn2)CCS1. The number of carbonyl (C=O) groups is 1. The van der Waals surface area contributed by atoms with Gasteiger partial charge in [0.25, 0.3) is 0 Å². The predicted molar refractivity (Wildman–Crippen MR) is 72.0 cm³/mol. The van der Waals surface area contributed by atoms with E-state index in [9.17, 15) is 14.9 Å². The minimum absolute atomic E-state index is 0.319. The molecule has 0 spiro atoms. The molecule has 0 aromatic carbocycles. The van der Waals surface area contributed by atoms with Gasteiger partial charge in [0.1, 0.15) is 17.6 Å². The van der Waals surface area contributed by atoms with Gasteiger partial charge in [0, 0.05) is 30.2 Å². The molecular weight excluding hydrogens is 270 g/mol. The molecule has 0 bridgehead atoms. The zero-order valence-corrected chi connectivity index (χ0v) is 11.1. The maximum absolute atomic E-state index is 11.1. The molecule has 0 aliphatic carbocycles. The molecule has 8 heteroatoms. The molecule has 1 N–H and O–H groups in total. The fourth-order valence-corrected chi connectivity index (χ4v) is 2.97. The van der Waals surface area contributed by atoms with Crippen LogP contribution in [0.5, 0.6) is 0 Å². The Bertz CT molecular complexity index is 523. The smallest absolute Gasteiger partial charge is 0.342 e. The average Bonchev–Trinajstić information content (AvgIpc) is 2.37. The maximum atomic E-state index is 11.1. The quantitative estimate of drug-likeness (QED) is 0.665. The van der Waals surface area contributed by atoms with Gasteiger partial charge in [-0.15, -0.1) is 0 Å². The lowest BCUT2D eigenvalue weighted by atomic mass is 10.2. The molecule has 7 nitrogen and oxygen atoms in total. The van der Waals surface area contributed by atoms with Crippen LogP contribution in [0, 0.1) is 10.1 Å². The van der Waals surface area contributed by atoms with E-state index in [4.69, 9.17) is 5.11 Å². The lowest BCUT2D eigenvalue weighted by molar-refractivity contribution is -0.385. The Morgan fingerprint density at radius 2 is 2.42 bits per heavy atom. The van der Waals surface area contributed by atoms with Gasteiger partial charge in [-0.2, -0.15) is 11.8 Å². The van der Waals surface area contributed by atoms with E-state index in [2.05, 4.69) is 11.9 Å². The first-order valence-electron chi connectivity index (χ1n) is 5.73. The minimum atomic E-state index is -1.31. The lowest BCUT2D eigenvalue weighted by Gasteiger charge is -2.31. The largest absolute Gasteiger partial charge is 0.477 e. The molecule has 2 rings (SSSR count). The standard InChI is InChI=1S/C11H13N3O4S/c1-7-6-13(2-3-19-7)10-4-8(11(15)16)9(5-12-10)14(17)18/h4-5,7H,2-3,6H2,1H3,(H,15,16). The molecule has 1 aliphatic heterocycles. The second-order valence-corrected chi connectivity index (χ2v) is 5.80. The summed E-state index contributed by atoms with van der Waals surface area (Å²) in [6, 6.07) is 1.28. The number of aromatic carboxylic acids is 1. The predicted octanol–water partition coefficient (Wildman–Crippen LogP) is 1.63. The van der Waals surface area contributed by atoms with Crippen molar-refractivity contribution in [3.05, 3.63) is 27.9 Å². The summed E-state index contributed by atoms with van der Waals surface area (Å²) in [5.41, 5.74) is -0.795. The summed E-state index contributed by atoms with van der Waals surface area (Å²) in [7, 11) is 0. The van der Waals surface area contributed by atoms with Crippen LogP contribution in [0.25, 0.3) is 0 Å². The van der Waals surface area contributed by atoms with Crippen LogP contribution in [0.2, 0.25) is 0 Å². The van der Waals surface area contributed by atoms with Crippen LogP contribution in [-0.4, -0.2) is 45.1 Å². The van der Waals surface area contributed by atoms with Crippen molar-refractivity contribution in [3.8, 4) is 0 Å². The highest BCUT2D eigenvalue weighted by Crippen LogP contribution is 2.26. The number of nitrogens with zero attached hydrogens (tertiary/aromatic N) is 3. The van der Waals surface area contributed by atoms with Crippen molar-refractivity contribution >= 4 is 29.2 Å². The highest BCUT2D eigenvalue weighted by molar-refractivity contribution is 8.00. The van der Waals surface area contributed by atoms with Crippen LogP contribution in [-0.2, 0) is 0 Å². The van der Waals surface area contributed by atoms with Gasteiger partial charge in [-0.05, 0) is 0 Å². The Morgan fingerprint density at radius 1 is 1.68 bits per heavy atom. The zero-order valence-electron chi connectivity index (χ0n) is 10.3. The number of carboxylic acids is 1. The van der Waals surface area contributed by atoms with Crippen molar-refractivity contribution in [2.75, 3.05) is 23.7 Å². The topological polar surface area (TPSA) is 96.6 Å². The number of aromatic nitrogens is 1. The van der Waals surface area contributed by atoms with Crippen LogP contribution < -0.4 is 4.90 Å². The lowest BCUT2D eigenvalue weighted by Crippen LogP contribution is -2.37. The molecule has 1 fully saturated rings. The molecule has 1 aliphatic rings. The van der Waals surface area contributed by atoms with E-state index < -0.39 is 16.6 Å². The number of pyridine rings is 1. The summed E-state index contributed by atoms with van der Waals surface area (Å²) in [5.74, 6) is 0.104. The van der Waals surface area contributed by atoms with Crippen LogP contribution in [0.4, 0.5) is 11.5 Å². The second kappa shape index (κ2) is 5.43. The third kappa shape index (κ3) is 2.95. The first-order chi connectivity index (χ1) is 8.99. The van der Waals surface area contributed by atoms with Gasteiger partial charge < -0.3 is 10.0 Å². The van der Waals surface area contributed by atoms with Crippen molar-refractivity contribution in [3.63, 3.8) is 0 Å². The Balaban J connectivity index is 2.35. The monoisotopic (exact) mass is 283 g/mol. The molecule has 2 heterocycles. The van der Waals surface area contributed by atoms with Gasteiger partial charge in [0.2, 0.25) is 0 Å². The molecule has 0 amide bonds. The van der Waals surface area contributed by atoms with Crippen molar-refractivity contribution in [2.45, 2.75) is 12.2 Å². The van der Waals surface area contributed by atoms with Gasteiger partial charge in [-0.25, -0.2) is 9.78 Å². The van der Waals surface area contributed by atoms with Crippen molar-refractivity contribution < 1.29 is 14.8 Å². The molecule has 0 saturated carbocycles. The maximum Gasteiger partial charge on any atom is 0.342 e. The Labute approximate surface area is 113 Å². The average molecular weight is 283 g/mol. The number of anilines is 1. The van der Waals surface area contributed by atoms with Gasteiger partial charge in [-0.1, -0.05) is 6.92 Å². The van der Waals surface area contributed by atoms with Gasteiger partial charge in [0.15, 0.2) is 0 Å². The summed E-state index contributed by atoms with van der Waals surface area (Å²) in [6.07, 6.45) is 1.02.